The van der Waals surface area contributed by atoms with Crippen molar-refractivity contribution in [1.82, 2.24) is 0 Å². The molecule has 0 saturated heterocycles. The summed E-state index contributed by atoms with van der Waals surface area (Å²) in [5, 5.41) is 9.03. The van der Waals surface area contributed by atoms with Crippen molar-refractivity contribution < 1.29 is 19.4 Å². The highest BCUT2D eigenvalue weighted by molar-refractivity contribution is 5.79. The summed E-state index contributed by atoms with van der Waals surface area (Å²) in [7, 11) is 0. The molecule has 0 rings (SSSR count). The average molecular weight is 523 g/mol. The standard InChI is InChI=1S/C33H62O4/c1-3-5-6-7-8-9-10-11-12-13-14-15-16-17-18-19-20-21-22-23-24-25-26-27-28-31(30-32(34)35)33(36)37-29-4-2/h21-22,31H,3-20,23-30H2,1-2H3,(H,34,35)/b22-21+. The number of carbonyl (C=O) groups excluding carboxylic acids is 1. The molecule has 4 heteroatoms. The van der Waals surface area contributed by atoms with Crippen molar-refractivity contribution in [2.24, 2.45) is 5.92 Å². The molecule has 0 aliphatic carbocycles. The zero-order valence-electron chi connectivity index (χ0n) is 24.8. The van der Waals surface area contributed by atoms with Crippen molar-refractivity contribution >= 4 is 11.9 Å². The molecule has 1 N–H and O–H groups in total. The highest BCUT2D eigenvalue weighted by Gasteiger charge is 2.22. The summed E-state index contributed by atoms with van der Waals surface area (Å²) < 4.78 is 5.15. The highest BCUT2D eigenvalue weighted by Crippen LogP contribution is 2.18. The molecule has 1 unspecified atom stereocenters. The molecule has 0 saturated carbocycles. The van der Waals surface area contributed by atoms with Gasteiger partial charge in [-0.15, -0.1) is 0 Å². The van der Waals surface area contributed by atoms with Crippen molar-refractivity contribution in [3.8, 4) is 0 Å². The molecule has 0 aromatic rings. The Bertz CT molecular complexity index is 528. The zero-order valence-corrected chi connectivity index (χ0v) is 24.8. The SMILES string of the molecule is CCCCCCCCCCCCCCCCCC/C=C/CCCCCCC(CC(=O)O)C(=O)OCCC. The molecule has 218 valence electrons. The van der Waals surface area contributed by atoms with Gasteiger partial charge in [-0.05, 0) is 38.5 Å². The third-order valence-corrected chi connectivity index (χ3v) is 7.27. The number of ether oxygens (including phenoxy) is 1. The minimum absolute atomic E-state index is 0.120. The number of hydrogen-bond donors (Lipinski definition) is 1. The van der Waals surface area contributed by atoms with Gasteiger partial charge in [0.2, 0.25) is 0 Å². The Morgan fingerprint density at radius 2 is 1.00 bits per heavy atom. The number of esters is 1. The Balaban J connectivity index is 3.40. The maximum absolute atomic E-state index is 12.0. The number of aliphatic carboxylic acids is 1. The lowest BCUT2D eigenvalue weighted by Crippen LogP contribution is -2.21. The smallest absolute Gasteiger partial charge is 0.309 e. The third kappa shape index (κ3) is 27.5. The van der Waals surface area contributed by atoms with Gasteiger partial charge in [0.1, 0.15) is 0 Å². The van der Waals surface area contributed by atoms with Crippen LogP contribution in [0.25, 0.3) is 0 Å². The van der Waals surface area contributed by atoms with E-state index in [0.717, 1.165) is 32.1 Å². The fourth-order valence-corrected chi connectivity index (χ4v) is 4.89. The quantitative estimate of drug-likeness (QED) is 0.0602. The Kier molecular flexibility index (Phi) is 28.2. The summed E-state index contributed by atoms with van der Waals surface area (Å²) in [6.45, 7) is 4.60. The summed E-state index contributed by atoms with van der Waals surface area (Å²) in [5.41, 5.74) is 0. The molecule has 0 fully saturated rings. The maximum Gasteiger partial charge on any atom is 0.309 e. The van der Waals surface area contributed by atoms with E-state index < -0.39 is 11.9 Å². The van der Waals surface area contributed by atoms with E-state index in [2.05, 4.69) is 19.1 Å². The third-order valence-electron chi connectivity index (χ3n) is 7.27. The molecule has 0 radical (unpaired) electrons. The molecule has 0 bridgehead atoms. The van der Waals surface area contributed by atoms with Crippen LogP contribution in [0.2, 0.25) is 0 Å². The van der Waals surface area contributed by atoms with Crippen LogP contribution in [0.3, 0.4) is 0 Å². The highest BCUT2D eigenvalue weighted by atomic mass is 16.5. The largest absolute Gasteiger partial charge is 0.481 e. The normalized spacial score (nSPS) is 12.3. The predicted octanol–water partition coefficient (Wildman–Crippen LogP) is 10.6. The first-order chi connectivity index (χ1) is 18.1. The fourth-order valence-electron chi connectivity index (χ4n) is 4.89. The average Bonchev–Trinajstić information content (AvgIpc) is 2.88. The molecule has 1 atom stereocenters. The molecule has 0 aromatic carbocycles. The van der Waals surface area contributed by atoms with E-state index in [1.807, 2.05) is 6.92 Å². The minimum atomic E-state index is -0.923. The maximum atomic E-state index is 12.0. The van der Waals surface area contributed by atoms with E-state index in [-0.39, 0.29) is 12.4 Å². The van der Waals surface area contributed by atoms with Crippen LogP contribution in [0.4, 0.5) is 0 Å². The van der Waals surface area contributed by atoms with Crippen molar-refractivity contribution in [3.63, 3.8) is 0 Å². The van der Waals surface area contributed by atoms with Gasteiger partial charge in [-0.25, -0.2) is 0 Å². The van der Waals surface area contributed by atoms with Crippen molar-refractivity contribution in [2.45, 2.75) is 174 Å². The molecule has 0 amide bonds. The van der Waals surface area contributed by atoms with E-state index in [1.54, 1.807) is 0 Å². The van der Waals surface area contributed by atoms with Crippen LogP contribution in [0.1, 0.15) is 174 Å². The van der Waals surface area contributed by atoms with Crippen LogP contribution < -0.4 is 0 Å². The Morgan fingerprint density at radius 3 is 1.41 bits per heavy atom. The van der Waals surface area contributed by atoms with E-state index >= 15 is 0 Å². The van der Waals surface area contributed by atoms with Crippen LogP contribution in [0.15, 0.2) is 12.2 Å². The van der Waals surface area contributed by atoms with Gasteiger partial charge in [-0.3, -0.25) is 9.59 Å². The topological polar surface area (TPSA) is 63.6 Å². The van der Waals surface area contributed by atoms with Gasteiger partial charge in [-0.1, -0.05) is 142 Å². The van der Waals surface area contributed by atoms with Crippen LogP contribution in [-0.4, -0.2) is 23.7 Å². The van der Waals surface area contributed by atoms with E-state index in [1.165, 1.54) is 116 Å². The monoisotopic (exact) mass is 522 g/mol. The second kappa shape index (κ2) is 29.2. The lowest BCUT2D eigenvalue weighted by molar-refractivity contribution is -0.153. The second-order valence-electron chi connectivity index (χ2n) is 11.0. The van der Waals surface area contributed by atoms with Crippen molar-refractivity contribution in [1.29, 1.82) is 0 Å². The van der Waals surface area contributed by atoms with Gasteiger partial charge in [0, 0.05) is 0 Å². The number of allylic oxidation sites excluding steroid dienone is 2. The first kappa shape index (κ1) is 35.7. The van der Waals surface area contributed by atoms with Gasteiger partial charge in [0.05, 0.1) is 18.9 Å². The predicted molar refractivity (Wildman–Crippen MR) is 158 cm³/mol. The molecule has 37 heavy (non-hydrogen) atoms. The molecule has 0 spiro atoms. The van der Waals surface area contributed by atoms with Crippen LogP contribution in [0, 0.1) is 5.92 Å². The molecular weight excluding hydrogens is 460 g/mol. The van der Waals surface area contributed by atoms with Crippen LogP contribution in [-0.2, 0) is 14.3 Å². The zero-order chi connectivity index (χ0) is 27.2. The molecular formula is C33H62O4. The van der Waals surface area contributed by atoms with Crippen LogP contribution in [0.5, 0.6) is 0 Å². The Labute approximate surface area is 230 Å². The Hall–Kier alpha value is -1.32. The summed E-state index contributed by atoms with van der Waals surface area (Å²) in [5.74, 6) is -1.77. The molecule has 0 aliphatic rings. The van der Waals surface area contributed by atoms with E-state index in [4.69, 9.17) is 9.84 Å². The number of carboxylic acid groups (broad SMARTS) is 1. The van der Waals surface area contributed by atoms with E-state index in [9.17, 15) is 9.59 Å². The van der Waals surface area contributed by atoms with Crippen molar-refractivity contribution in [2.75, 3.05) is 6.61 Å². The van der Waals surface area contributed by atoms with Crippen LogP contribution >= 0.6 is 0 Å². The molecule has 0 aliphatic heterocycles. The number of carboxylic acids is 1. The molecule has 0 heterocycles. The Morgan fingerprint density at radius 1 is 0.595 bits per heavy atom. The first-order valence-electron chi connectivity index (χ1n) is 16.1. The number of rotatable bonds is 29. The number of carbonyl (C=O) groups is 2. The second-order valence-corrected chi connectivity index (χ2v) is 11.0. The van der Waals surface area contributed by atoms with Gasteiger partial charge in [-0.2, -0.15) is 0 Å². The minimum Gasteiger partial charge on any atom is -0.481 e. The molecule has 4 nitrogen and oxygen atoms in total. The van der Waals surface area contributed by atoms with E-state index in [0.29, 0.717) is 13.0 Å². The van der Waals surface area contributed by atoms with Crippen molar-refractivity contribution in [3.05, 3.63) is 12.2 Å². The summed E-state index contributed by atoms with van der Waals surface area (Å²) in [6.07, 6.45) is 35.1. The number of unbranched alkanes of at least 4 members (excludes halogenated alkanes) is 20. The summed E-state index contributed by atoms with van der Waals surface area (Å²) in [4.78, 5) is 23.0. The van der Waals surface area contributed by atoms with Gasteiger partial charge in [0.25, 0.3) is 0 Å². The van der Waals surface area contributed by atoms with Gasteiger partial charge >= 0.3 is 11.9 Å². The lowest BCUT2D eigenvalue weighted by atomic mass is 9.97. The molecule has 0 aromatic heterocycles. The van der Waals surface area contributed by atoms with Gasteiger partial charge in [0.15, 0.2) is 0 Å². The number of hydrogen-bond acceptors (Lipinski definition) is 3. The van der Waals surface area contributed by atoms with Gasteiger partial charge < -0.3 is 9.84 Å². The lowest BCUT2D eigenvalue weighted by Gasteiger charge is -2.13. The fraction of sp³-hybridized carbons (Fsp3) is 0.879. The summed E-state index contributed by atoms with van der Waals surface area (Å²) in [6, 6.07) is 0. The summed E-state index contributed by atoms with van der Waals surface area (Å²) >= 11 is 0. The first-order valence-corrected chi connectivity index (χ1v) is 16.1.